The van der Waals surface area contributed by atoms with Gasteiger partial charge in [0.2, 0.25) is 0 Å². The Bertz CT molecular complexity index is 910. The van der Waals surface area contributed by atoms with Crippen molar-refractivity contribution in [2.45, 2.75) is 13.1 Å². The van der Waals surface area contributed by atoms with E-state index in [1.165, 1.54) is 25.0 Å². The quantitative estimate of drug-likeness (QED) is 0.551. The molecule has 0 saturated heterocycles. The van der Waals surface area contributed by atoms with Crippen LogP contribution in [-0.2, 0) is 19.8 Å². The lowest BCUT2D eigenvalue weighted by atomic mass is 9.96. The minimum absolute atomic E-state index is 0.254. The van der Waals surface area contributed by atoms with Gasteiger partial charge in [-0.1, -0.05) is 60.2 Å². The highest BCUT2D eigenvalue weighted by molar-refractivity contribution is 7.52. The third-order valence-electron chi connectivity index (χ3n) is 4.24. The molecular formula is C20H21O3P. The Balaban J connectivity index is 2.11. The Kier molecular flexibility index (Phi) is 4.86. The molecule has 0 spiro atoms. The number of fused-ring (bicyclic) bond motifs is 1. The second kappa shape index (κ2) is 6.90. The number of hydrogen-bond donors (Lipinski definition) is 0. The largest absolute Gasteiger partial charge is 0.334 e. The van der Waals surface area contributed by atoms with Crippen LogP contribution in [-0.4, -0.2) is 14.2 Å². The second-order valence-corrected chi connectivity index (χ2v) is 8.13. The van der Waals surface area contributed by atoms with E-state index in [4.69, 9.17) is 9.05 Å². The fourth-order valence-corrected chi connectivity index (χ4v) is 3.99. The molecule has 0 unspecified atom stereocenters. The Hall–Kier alpha value is -1.93. The van der Waals surface area contributed by atoms with Gasteiger partial charge in [0.25, 0.3) is 0 Å². The van der Waals surface area contributed by atoms with Crippen molar-refractivity contribution in [2.24, 2.45) is 0 Å². The number of rotatable bonds is 5. The van der Waals surface area contributed by atoms with Crippen molar-refractivity contribution < 1.29 is 13.6 Å². The monoisotopic (exact) mass is 340 g/mol. The first-order valence-corrected chi connectivity index (χ1v) is 9.57. The molecule has 24 heavy (non-hydrogen) atoms. The summed E-state index contributed by atoms with van der Waals surface area (Å²) in [6, 6.07) is 20.8. The van der Waals surface area contributed by atoms with Crippen LogP contribution in [0, 0.1) is 6.92 Å². The maximum Gasteiger partial charge on any atom is 0.334 e. The van der Waals surface area contributed by atoms with Crippen LogP contribution in [0.15, 0.2) is 60.7 Å². The molecule has 0 aliphatic carbocycles. The standard InChI is InChI=1S/C20H21O3P/c1-15-8-11-20(19(12-15)14-24(21,22-2)23-3)18-10-9-16-6-4-5-7-17(16)13-18/h4-13H,14H2,1-3H3. The van der Waals surface area contributed by atoms with E-state index in [1.54, 1.807) is 0 Å². The summed E-state index contributed by atoms with van der Waals surface area (Å²) in [5.41, 5.74) is 4.24. The Labute approximate surface area is 142 Å². The predicted molar refractivity (Wildman–Crippen MR) is 99.4 cm³/mol. The van der Waals surface area contributed by atoms with Gasteiger partial charge in [-0.2, -0.15) is 0 Å². The van der Waals surface area contributed by atoms with Crippen molar-refractivity contribution in [1.82, 2.24) is 0 Å². The van der Waals surface area contributed by atoms with Gasteiger partial charge in [0.05, 0.1) is 6.16 Å². The Morgan fingerprint density at radius 3 is 2.29 bits per heavy atom. The van der Waals surface area contributed by atoms with Crippen molar-refractivity contribution in [3.05, 3.63) is 71.8 Å². The molecule has 3 aromatic carbocycles. The zero-order chi connectivity index (χ0) is 17.2. The average Bonchev–Trinajstić information content (AvgIpc) is 2.61. The van der Waals surface area contributed by atoms with Gasteiger partial charge in [0.1, 0.15) is 0 Å². The number of aryl methyl sites for hydroxylation is 1. The van der Waals surface area contributed by atoms with Gasteiger partial charge >= 0.3 is 7.60 Å². The SMILES string of the molecule is COP(=O)(Cc1cc(C)ccc1-c1ccc2ccccc2c1)OC. The van der Waals surface area contributed by atoms with E-state index in [1.807, 2.05) is 19.1 Å². The maximum absolute atomic E-state index is 12.6. The fraction of sp³-hybridized carbons (Fsp3) is 0.200. The summed E-state index contributed by atoms with van der Waals surface area (Å²) >= 11 is 0. The molecule has 0 atom stereocenters. The zero-order valence-electron chi connectivity index (χ0n) is 14.2. The molecular weight excluding hydrogens is 319 g/mol. The summed E-state index contributed by atoms with van der Waals surface area (Å²) in [6.45, 7) is 2.03. The van der Waals surface area contributed by atoms with Crippen LogP contribution in [0.5, 0.6) is 0 Å². The molecule has 0 fully saturated rings. The summed E-state index contributed by atoms with van der Waals surface area (Å²) in [7, 11) is -0.266. The highest BCUT2D eigenvalue weighted by Crippen LogP contribution is 2.51. The van der Waals surface area contributed by atoms with Gasteiger partial charge in [-0.3, -0.25) is 4.57 Å². The third-order valence-corrected chi connectivity index (χ3v) is 6.08. The second-order valence-electron chi connectivity index (χ2n) is 5.86. The molecule has 0 heterocycles. The van der Waals surface area contributed by atoms with Crippen molar-refractivity contribution in [3.63, 3.8) is 0 Å². The summed E-state index contributed by atoms with van der Waals surface area (Å²) in [5, 5.41) is 2.39. The lowest BCUT2D eigenvalue weighted by Crippen LogP contribution is -1.97. The molecule has 0 saturated carbocycles. The van der Waals surface area contributed by atoms with Crippen LogP contribution < -0.4 is 0 Å². The molecule has 124 valence electrons. The van der Waals surface area contributed by atoms with E-state index in [-0.39, 0.29) is 6.16 Å². The van der Waals surface area contributed by atoms with E-state index in [0.29, 0.717) is 0 Å². The molecule has 0 aliphatic rings. The van der Waals surface area contributed by atoms with Crippen molar-refractivity contribution in [1.29, 1.82) is 0 Å². The summed E-state index contributed by atoms with van der Waals surface area (Å²) in [5.74, 6) is 0. The molecule has 4 heteroatoms. The highest BCUT2D eigenvalue weighted by Gasteiger charge is 2.23. The lowest BCUT2D eigenvalue weighted by Gasteiger charge is -2.17. The first kappa shape index (κ1) is 16.9. The summed E-state index contributed by atoms with van der Waals surface area (Å²) in [6.07, 6.45) is 0.254. The van der Waals surface area contributed by atoms with Gasteiger partial charge in [0, 0.05) is 14.2 Å². The molecule has 3 nitrogen and oxygen atoms in total. The van der Waals surface area contributed by atoms with E-state index in [9.17, 15) is 4.57 Å². The van der Waals surface area contributed by atoms with Crippen LogP contribution in [0.1, 0.15) is 11.1 Å². The van der Waals surface area contributed by atoms with E-state index in [2.05, 4.69) is 48.5 Å². The normalized spacial score (nSPS) is 11.8. The molecule has 0 aromatic heterocycles. The van der Waals surface area contributed by atoms with Gasteiger partial charge < -0.3 is 9.05 Å². The summed E-state index contributed by atoms with van der Waals surface area (Å²) < 4.78 is 22.8. The molecule has 3 aromatic rings. The lowest BCUT2D eigenvalue weighted by molar-refractivity contribution is 0.275. The first-order valence-electron chi connectivity index (χ1n) is 7.84. The first-order chi connectivity index (χ1) is 11.5. The third kappa shape index (κ3) is 3.44. The highest BCUT2D eigenvalue weighted by atomic mass is 31.2. The fourth-order valence-electron chi connectivity index (χ4n) is 2.90. The molecule has 0 radical (unpaired) electrons. The smallest absolute Gasteiger partial charge is 0.312 e. The topological polar surface area (TPSA) is 35.5 Å². The van der Waals surface area contributed by atoms with Crippen LogP contribution in [0.2, 0.25) is 0 Å². The van der Waals surface area contributed by atoms with E-state index < -0.39 is 7.60 Å². The molecule has 3 rings (SSSR count). The van der Waals surface area contributed by atoms with Crippen LogP contribution in [0.25, 0.3) is 21.9 Å². The maximum atomic E-state index is 12.6. The Morgan fingerprint density at radius 1 is 0.875 bits per heavy atom. The predicted octanol–water partition coefficient (Wildman–Crippen LogP) is 5.80. The molecule has 0 amide bonds. The van der Waals surface area contributed by atoms with E-state index in [0.717, 1.165) is 22.3 Å². The van der Waals surface area contributed by atoms with Gasteiger partial charge in [-0.25, -0.2) is 0 Å². The minimum atomic E-state index is -3.12. The number of benzene rings is 3. The zero-order valence-corrected chi connectivity index (χ0v) is 15.0. The molecule has 0 N–H and O–H groups in total. The van der Waals surface area contributed by atoms with Crippen molar-refractivity contribution >= 4 is 18.4 Å². The van der Waals surface area contributed by atoms with Crippen molar-refractivity contribution in [2.75, 3.05) is 14.2 Å². The van der Waals surface area contributed by atoms with Crippen LogP contribution >= 0.6 is 7.60 Å². The van der Waals surface area contributed by atoms with Crippen molar-refractivity contribution in [3.8, 4) is 11.1 Å². The average molecular weight is 340 g/mol. The molecule has 0 bridgehead atoms. The van der Waals surface area contributed by atoms with Gasteiger partial charge in [0.15, 0.2) is 0 Å². The minimum Gasteiger partial charge on any atom is -0.312 e. The van der Waals surface area contributed by atoms with Crippen LogP contribution in [0.3, 0.4) is 0 Å². The van der Waals surface area contributed by atoms with Gasteiger partial charge in [-0.05, 0) is 40.5 Å². The van der Waals surface area contributed by atoms with Crippen LogP contribution in [0.4, 0.5) is 0 Å². The number of hydrogen-bond acceptors (Lipinski definition) is 3. The Morgan fingerprint density at radius 2 is 1.58 bits per heavy atom. The van der Waals surface area contributed by atoms with E-state index >= 15 is 0 Å². The molecule has 0 aliphatic heterocycles. The summed E-state index contributed by atoms with van der Waals surface area (Å²) in [4.78, 5) is 0. The van der Waals surface area contributed by atoms with Gasteiger partial charge in [-0.15, -0.1) is 0 Å².